The van der Waals surface area contributed by atoms with E-state index in [0.29, 0.717) is 23.0 Å². The number of halogens is 1. The second kappa shape index (κ2) is 6.84. The first kappa shape index (κ1) is 14.2. The lowest BCUT2D eigenvalue weighted by molar-refractivity contribution is -0.385. The van der Waals surface area contributed by atoms with Gasteiger partial charge in [-0.3, -0.25) is 10.1 Å². The fourth-order valence-corrected chi connectivity index (χ4v) is 2.46. The number of nitrogens with one attached hydrogen (secondary N) is 1. The molecule has 0 aliphatic carbocycles. The molecule has 19 heavy (non-hydrogen) atoms. The van der Waals surface area contributed by atoms with Crippen LogP contribution in [-0.2, 0) is 11.3 Å². The molecule has 0 spiro atoms. The standard InChI is InChI=1S/C13H17ClN2O3/c14-12-2-1-3-13(16(17)18)11(12)8-15-6-4-10-5-7-19-9-10/h1-3,10,15H,4-9H2. The van der Waals surface area contributed by atoms with Crippen LogP contribution >= 0.6 is 11.6 Å². The van der Waals surface area contributed by atoms with Gasteiger partial charge in [-0.05, 0) is 31.4 Å². The summed E-state index contributed by atoms with van der Waals surface area (Å²) in [5, 5.41) is 14.6. The normalized spacial score (nSPS) is 18.7. The van der Waals surface area contributed by atoms with Gasteiger partial charge in [-0.25, -0.2) is 0 Å². The molecule has 1 aliphatic rings. The second-order valence-electron chi connectivity index (χ2n) is 4.69. The molecular formula is C13H17ClN2O3. The van der Waals surface area contributed by atoms with Crippen molar-refractivity contribution in [1.29, 1.82) is 0 Å². The van der Waals surface area contributed by atoms with Crippen LogP contribution in [0.25, 0.3) is 0 Å². The fraction of sp³-hybridized carbons (Fsp3) is 0.538. The van der Waals surface area contributed by atoms with Crippen LogP contribution < -0.4 is 5.32 Å². The number of nitrogens with zero attached hydrogens (tertiary/aromatic N) is 1. The first-order valence-electron chi connectivity index (χ1n) is 6.38. The number of nitro groups is 1. The van der Waals surface area contributed by atoms with E-state index in [0.717, 1.165) is 32.6 Å². The van der Waals surface area contributed by atoms with Crippen molar-refractivity contribution in [2.75, 3.05) is 19.8 Å². The third-order valence-corrected chi connectivity index (χ3v) is 3.70. The first-order valence-corrected chi connectivity index (χ1v) is 6.76. The summed E-state index contributed by atoms with van der Waals surface area (Å²) < 4.78 is 5.30. The quantitative estimate of drug-likeness (QED) is 0.496. The zero-order valence-electron chi connectivity index (χ0n) is 10.6. The molecule has 2 rings (SSSR count). The van der Waals surface area contributed by atoms with Crippen LogP contribution in [-0.4, -0.2) is 24.7 Å². The van der Waals surface area contributed by atoms with E-state index in [4.69, 9.17) is 16.3 Å². The molecule has 1 unspecified atom stereocenters. The van der Waals surface area contributed by atoms with Gasteiger partial charge in [0.05, 0.1) is 15.5 Å². The molecule has 0 bridgehead atoms. The molecule has 5 nitrogen and oxygen atoms in total. The molecule has 1 fully saturated rings. The van der Waals surface area contributed by atoms with Gasteiger partial charge >= 0.3 is 0 Å². The lowest BCUT2D eigenvalue weighted by atomic mass is 10.1. The smallest absolute Gasteiger partial charge is 0.275 e. The van der Waals surface area contributed by atoms with Crippen molar-refractivity contribution in [2.45, 2.75) is 19.4 Å². The summed E-state index contributed by atoms with van der Waals surface area (Å²) in [6.45, 7) is 2.91. The maximum Gasteiger partial charge on any atom is 0.275 e. The van der Waals surface area contributed by atoms with Crippen molar-refractivity contribution < 1.29 is 9.66 Å². The molecule has 104 valence electrons. The van der Waals surface area contributed by atoms with E-state index >= 15 is 0 Å². The maximum atomic E-state index is 10.9. The van der Waals surface area contributed by atoms with Crippen LogP contribution in [0.1, 0.15) is 18.4 Å². The van der Waals surface area contributed by atoms with Gasteiger partial charge in [0.2, 0.25) is 0 Å². The lowest BCUT2D eigenvalue weighted by Gasteiger charge is -2.10. The highest BCUT2D eigenvalue weighted by molar-refractivity contribution is 6.31. The summed E-state index contributed by atoms with van der Waals surface area (Å²) >= 11 is 6.02. The van der Waals surface area contributed by atoms with Crippen LogP contribution in [0.2, 0.25) is 5.02 Å². The number of benzene rings is 1. The maximum absolute atomic E-state index is 10.9. The summed E-state index contributed by atoms with van der Waals surface area (Å²) in [5.41, 5.74) is 0.626. The van der Waals surface area contributed by atoms with Gasteiger partial charge in [-0.15, -0.1) is 0 Å². The van der Waals surface area contributed by atoms with Crippen molar-refractivity contribution in [3.05, 3.63) is 38.9 Å². The van der Waals surface area contributed by atoms with Crippen LogP contribution in [0.4, 0.5) is 5.69 Å². The summed E-state index contributed by atoms with van der Waals surface area (Å²) in [7, 11) is 0. The summed E-state index contributed by atoms with van der Waals surface area (Å²) in [4.78, 5) is 10.5. The number of rotatable bonds is 6. The van der Waals surface area contributed by atoms with Gasteiger partial charge in [0, 0.05) is 25.8 Å². The topological polar surface area (TPSA) is 64.4 Å². The zero-order chi connectivity index (χ0) is 13.7. The third kappa shape index (κ3) is 3.89. The van der Waals surface area contributed by atoms with Crippen LogP contribution in [0.3, 0.4) is 0 Å². The van der Waals surface area contributed by atoms with E-state index in [1.54, 1.807) is 12.1 Å². The van der Waals surface area contributed by atoms with E-state index in [1.165, 1.54) is 6.07 Å². The largest absolute Gasteiger partial charge is 0.381 e. The summed E-state index contributed by atoms with van der Waals surface area (Å²) in [6, 6.07) is 4.75. The van der Waals surface area contributed by atoms with Crippen LogP contribution in [0.15, 0.2) is 18.2 Å². The zero-order valence-corrected chi connectivity index (χ0v) is 11.4. The Morgan fingerprint density at radius 1 is 1.53 bits per heavy atom. The minimum atomic E-state index is -0.395. The Bertz CT molecular complexity index is 448. The van der Waals surface area contributed by atoms with Gasteiger partial charge in [0.25, 0.3) is 5.69 Å². The Morgan fingerprint density at radius 2 is 2.37 bits per heavy atom. The molecule has 1 N–H and O–H groups in total. The van der Waals surface area contributed by atoms with Crippen LogP contribution in [0, 0.1) is 16.0 Å². The molecule has 1 heterocycles. The molecule has 1 aromatic carbocycles. The Kier molecular flexibility index (Phi) is 5.13. The first-order chi connectivity index (χ1) is 9.18. The van der Waals surface area contributed by atoms with Gasteiger partial charge in [0.1, 0.15) is 0 Å². The van der Waals surface area contributed by atoms with E-state index in [1.807, 2.05) is 0 Å². The van der Waals surface area contributed by atoms with E-state index in [-0.39, 0.29) is 5.69 Å². The summed E-state index contributed by atoms with van der Waals surface area (Å²) in [5.74, 6) is 0.605. The molecule has 1 aliphatic heterocycles. The fourth-order valence-electron chi connectivity index (χ4n) is 2.22. The highest BCUT2D eigenvalue weighted by Crippen LogP contribution is 2.26. The van der Waals surface area contributed by atoms with E-state index in [2.05, 4.69) is 5.32 Å². The molecule has 0 aromatic heterocycles. The van der Waals surface area contributed by atoms with Crippen molar-refractivity contribution >= 4 is 17.3 Å². The third-order valence-electron chi connectivity index (χ3n) is 3.35. The van der Waals surface area contributed by atoms with Crippen molar-refractivity contribution in [2.24, 2.45) is 5.92 Å². The minimum absolute atomic E-state index is 0.0733. The monoisotopic (exact) mass is 284 g/mol. The Labute approximate surface area is 117 Å². The summed E-state index contributed by atoms with van der Waals surface area (Å²) in [6.07, 6.45) is 2.13. The van der Waals surface area contributed by atoms with Gasteiger partial charge in [-0.2, -0.15) is 0 Å². The Hall–Kier alpha value is -1.17. The SMILES string of the molecule is O=[N+]([O-])c1cccc(Cl)c1CNCCC1CCOC1. The highest BCUT2D eigenvalue weighted by Gasteiger charge is 2.17. The highest BCUT2D eigenvalue weighted by atomic mass is 35.5. The predicted molar refractivity (Wildman–Crippen MR) is 73.4 cm³/mol. The number of hydrogen-bond acceptors (Lipinski definition) is 4. The van der Waals surface area contributed by atoms with Gasteiger partial charge < -0.3 is 10.1 Å². The number of ether oxygens (including phenoxy) is 1. The molecule has 6 heteroatoms. The molecular weight excluding hydrogens is 268 g/mol. The van der Waals surface area contributed by atoms with Crippen molar-refractivity contribution in [3.63, 3.8) is 0 Å². The molecule has 1 atom stereocenters. The average molecular weight is 285 g/mol. The van der Waals surface area contributed by atoms with Gasteiger partial charge in [-0.1, -0.05) is 17.7 Å². The molecule has 0 saturated carbocycles. The molecule has 1 aromatic rings. The van der Waals surface area contributed by atoms with Crippen LogP contribution in [0.5, 0.6) is 0 Å². The number of hydrogen-bond donors (Lipinski definition) is 1. The lowest BCUT2D eigenvalue weighted by Crippen LogP contribution is -2.19. The second-order valence-corrected chi connectivity index (χ2v) is 5.10. The minimum Gasteiger partial charge on any atom is -0.381 e. The Morgan fingerprint density at radius 3 is 3.05 bits per heavy atom. The van der Waals surface area contributed by atoms with E-state index in [9.17, 15) is 10.1 Å². The molecule has 0 radical (unpaired) electrons. The number of nitro benzene ring substituents is 1. The predicted octanol–water partition coefficient (Wildman–Crippen LogP) is 2.76. The van der Waals surface area contributed by atoms with E-state index < -0.39 is 4.92 Å². The van der Waals surface area contributed by atoms with Gasteiger partial charge in [0.15, 0.2) is 0 Å². The van der Waals surface area contributed by atoms with Crippen molar-refractivity contribution in [1.82, 2.24) is 5.32 Å². The Balaban J connectivity index is 1.86. The average Bonchev–Trinajstić information content (AvgIpc) is 2.88. The molecule has 1 saturated heterocycles. The molecule has 0 amide bonds. The van der Waals surface area contributed by atoms with Crippen molar-refractivity contribution in [3.8, 4) is 0 Å².